The number of benzene rings is 1. The van der Waals surface area contributed by atoms with Crippen LogP contribution < -0.4 is 5.14 Å². The molecule has 0 radical (unpaired) electrons. The molecule has 6 nitrogen and oxygen atoms in total. The van der Waals surface area contributed by atoms with E-state index in [0.717, 1.165) is 16.7 Å². The van der Waals surface area contributed by atoms with Crippen molar-refractivity contribution in [1.82, 2.24) is 14.8 Å². The highest BCUT2D eigenvalue weighted by Gasteiger charge is 2.20. The summed E-state index contributed by atoms with van der Waals surface area (Å²) in [6, 6.07) is 3.45. The highest BCUT2D eigenvalue weighted by molar-refractivity contribution is 7.89. The van der Waals surface area contributed by atoms with Crippen LogP contribution in [0.1, 0.15) is 11.4 Å². The van der Waals surface area contributed by atoms with Gasteiger partial charge < -0.3 is 4.57 Å². The quantitative estimate of drug-likeness (QED) is 0.881. The van der Waals surface area contributed by atoms with E-state index in [0.29, 0.717) is 0 Å². The predicted octanol–water partition coefficient (Wildman–Crippen LogP) is 0.332. The van der Waals surface area contributed by atoms with Crippen LogP contribution in [0.15, 0.2) is 23.4 Å². The predicted molar refractivity (Wildman–Crippen MR) is 61.5 cm³/mol. The number of nitrogens with zero attached hydrogens (tertiary/aromatic N) is 3. The number of halogens is 2. The van der Waals surface area contributed by atoms with Crippen molar-refractivity contribution in [2.75, 3.05) is 0 Å². The number of rotatable bonds is 3. The first-order chi connectivity index (χ1) is 8.80. The summed E-state index contributed by atoms with van der Waals surface area (Å²) in [4.78, 5) is 0. The lowest BCUT2D eigenvalue weighted by molar-refractivity contribution is 0.555. The van der Waals surface area contributed by atoms with Crippen LogP contribution in [-0.2, 0) is 23.5 Å². The largest absolute Gasteiger partial charge is 0.304 e. The van der Waals surface area contributed by atoms with Crippen molar-refractivity contribution in [1.29, 1.82) is 0 Å². The fourth-order valence-corrected chi connectivity index (χ4v) is 2.25. The molecule has 1 aromatic heterocycles. The van der Waals surface area contributed by atoms with Gasteiger partial charge in [-0.15, -0.1) is 10.2 Å². The van der Waals surface area contributed by atoms with E-state index in [9.17, 15) is 17.2 Å². The minimum Gasteiger partial charge on any atom is -0.304 e. The third-order valence-electron chi connectivity index (χ3n) is 2.58. The van der Waals surface area contributed by atoms with Crippen molar-refractivity contribution in [2.45, 2.75) is 11.6 Å². The molecule has 0 amide bonds. The van der Waals surface area contributed by atoms with Crippen molar-refractivity contribution < 1.29 is 17.2 Å². The van der Waals surface area contributed by atoms with Gasteiger partial charge in [0, 0.05) is 19.0 Å². The van der Waals surface area contributed by atoms with E-state index >= 15 is 0 Å². The van der Waals surface area contributed by atoms with Gasteiger partial charge in [-0.3, -0.25) is 0 Å². The summed E-state index contributed by atoms with van der Waals surface area (Å²) in [7, 11) is -2.67. The molecule has 2 aromatic rings. The molecule has 19 heavy (non-hydrogen) atoms. The van der Waals surface area contributed by atoms with Crippen molar-refractivity contribution >= 4 is 10.0 Å². The van der Waals surface area contributed by atoms with Gasteiger partial charge in [0.15, 0.2) is 0 Å². The van der Waals surface area contributed by atoms with Gasteiger partial charge in [-0.25, -0.2) is 22.3 Å². The molecule has 0 aliphatic carbocycles. The zero-order chi connectivity index (χ0) is 14.2. The van der Waals surface area contributed by atoms with E-state index in [1.165, 1.54) is 13.1 Å². The Bertz CT molecular complexity index is 707. The summed E-state index contributed by atoms with van der Waals surface area (Å²) in [5.41, 5.74) is -0.209. The van der Waals surface area contributed by atoms with Gasteiger partial charge in [0.2, 0.25) is 0 Å². The standard InChI is InChI=1S/C10H10F2N4O2S/c1-16-9(14-15-10(16)19(13,17)18)5-6-7(11)3-2-4-8(6)12/h2-4H,5H2,1H3,(H2,13,17,18). The first-order valence-corrected chi connectivity index (χ1v) is 6.69. The first kappa shape index (κ1) is 13.6. The molecule has 1 heterocycles. The number of hydrogen-bond acceptors (Lipinski definition) is 4. The van der Waals surface area contributed by atoms with Crippen LogP contribution in [0.5, 0.6) is 0 Å². The van der Waals surface area contributed by atoms with Crippen LogP contribution in [-0.4, -0.2) is 23.2 Å². The van der Waals surface area contributed by atoms with Crippen LogP contribution in [0.25, 0.3) is 0 Å². The Morgan fingerprint density at radius 3 is 2.32 bits per heavy atom. The van der Waals surface area contributed by atoms with Crippen LogP contribution >= 0.6 is 0 Å². The summed E-state index contributed by atoms with van der Waals surface area (Å²) in [5.74, 6) is -1.38. The monoisotopic (exact) mass is 288 g/mol. The number of hydrogen-bond donors (Lipinski definition) is 1. The topological polar surface area (TPSA) is 90.9 Å². The van der Waals surface area contributed by atoms with Gasteiger partial charge in [-0.05, 0) is 12.1 Å². The van der Waals surface area contributed by atoms with Gasteiger partial charge in [-0.1, -0.05) is 6.07 Å². The number of sulfonamides is 1. The molecule has 0 atom stereocenters. The van der Waals surface area contributed by atoms with Gasteiger partial charge in [0.1, 0.15) is 17.5 Å². The van der Waals surface area contributed by atoms with Crippen molar-refractivity contribution in [3.63, 3.8) is 0 Å². The van der Waals surface area contributed by atoms with Crippen molar-refractivity contribution in [2.24, 2.45) is 12.2 Å². The molecule has 0 saturated heterocycles. The Morgan fingerprint density at radius 1 is 1.26 bits per heavy atom. The minimum absolute atomic E-state index is 0.0908. The molecule has 0 bridgehead atoms. The maximum absolute atomic E-state index is 13.5. The van der Waals surface area contributed by atoms with E-state index < -0.39 is 26.8 Å². The molecular formula is C10H10F2N4O2S. The summed E-state index contributed by atoms with van der Waals surface area (Å²) in [6.45, 7) is 0. The molecule has 0 unspecified atom stereocenters. The van der Waals surface area contributed by atoms with E-state index in [2.05, 4.69) is 10.2 Å². The molecule has 0 saturated carbocycles. The third-order valence-corrected chi connectivity index (χ3v) is 3.44. The second-order valence-electron chi connectivity index (χ2n) is 3.88. The maximum atomic E-state index is 13.5. The highest BCUT2D eigenvalue weighted by Crippen LogP contribution is 2.16. The SMILES string of the molecule is Cn1c(Cc2c(F)cccc2F)nnc1S(N)(=O)=O. The van der Waals surface area contributed by atoms with Crippen LogP contribution in [0.3, 0.4) is 0 Å². The highest BCUT2D eigenvalue weighted by atomic mass is 32.2. The molecule has 2 N–H and O–H groups in total. The Balaban J connectivity index is 2.43. The van der Waals surface area contributed by atoms with Crippen LogP contribution in [0.4, 0.5) is 8.78 Å². The first-order valence-electron chi connectivity index (χ1n) is 5.14. The summed E-state index contributed by atoms with van der Waals surface area (Å²) < 4.78 is 50.3. The Morgan fingerprint density at radius 2 is 1.84 bits per heavy atom. The molecule has 0 fully saturated rings. The lowest BCUT2D eigenvalue weighted by Crippen LogP contribution is -2.18. The van der Waals surface area contributed by atoms with Gasteiger partial charge in [0.05, 0.1) is 0 Å². The normalized spacial score (nSPS) is 11.8. The summed E-state index contributed by atoms with van der Waals surface area (Å²) in [5, 5.41) is 11.4. The summed E-state index contributed by atoms with van der Waals surface area (Å²) in [6.07, 6.45) is -0.225. The lowest BCUT2D eigenvalue weighted by atomic mass is 10.1. The maximum Gasteiger partial charge on any atom is 0.273 e. The lowest BCUT2D eigenvalue weighted by Gasteiger charge is -2.05. The van der Waals surface area contributed by atoms with E-state index in [1.807, 2.05) is 0 Å². The molecular weight excluding hydrogens is 278 g/mol. The number of primary sulfonamides is 1. The van der Waals surface area contributed by atoms with E-state index in [4.69, 9.17) is 5.14 Å². The van der Waals surface area contributed by atoms with Gasteiger partial charge >= 0.3 is 0 Å². The van der Waals surface area contributed by atoms with E-state index in [-0.39, 0.29) is 17.8 Å². The second-order valence-corrected chi connectivity index (χ2v) is 5.33. The van der Waals surface area contributed by atoms with Gasteiger partial charge in [-0.2, -0.15) is 0 Å². The minimum atomic E-state index is -4.02. The zero-order valence-corrected chi connectivity index (χ0v) is 10.7. The van der Waals surface area contributed by atoms with Crippen molar-refractivity contribution in [3.05, 3.63) is 41.2 Å². The zero-order valence-electron chi connectivity index (χ0n) is 9.84. The fourth-order valence-electron chi connectivity index (χ4n) is 1.61. The summed E-state index contributed by atoms with van der Waals surface area (Å²) >= 11 is 0. The van der Waals surface area contributed by atoms with Crippen LogP contribution in [0, 0.1) is 11.6 Å². The third kappa shape index (κ3) is 2.61. The fraction of sp³-hybridized carbons (Fsp3) is 0.200. The second kappa shape index (κ2) is 4.67. The Kier molecular flexibility index (Phi) is 3.33. The van der Waals surface area contributed by atoms with E-state index in [1.54, 1.807) is 0 Å². The van der Waals surface area contributed by atoms with Crippen LogP contribution in [0.2, 0.25) is 0 Å². The molecule has 9 heteroatoms. The molecule has 0 aliphatic rings. The average molecular weight is 288 g/mol. The Hall–Kier alpha value is -1.87. The molecule has 2 rings (SSSR count). The smallest absolute Gasteiger partial charge is 0.273 e. The number of aromatic nitrogens is 3. The number of nitrogens with two attached hydrogens (primary N) is 1. The van der Waals surface area contributed by atoms with Crippen molar-refractivity contribution in [3.8, 4) is 0 Å². The Labute approximate surface area is 107 Å². The molecule has 0 aliphatic heterocycles. The molecule has 102 valence electrons. The molecule has 1 aromatic carbocycles. The molecule has 0 spiro atoms. The van der Waals surface area contributed by atoms with Gasteiger partial charge in [0.25, 0.3) is 15.2 Å². The average Bonchev–Trinajstić information content (AvgIpc) is 2.65.